The van der Waals surface area contributed by atoms with Crippen LogP contribution in [0.1, 0.15) is 32.0 Å². The molecule has 0 bridgehead atoms. The summed E-state index contributed by atoms with van der Waals surface area (Å²) in [6, 6.07) is 12.6. The summed E-state index contributed by atoms with van der Waals surface area (Å²) in [5.74, 6) is -2.17. The quantitative estimate of drug-likeness (QED) is 0.511. The summed E-state index contributed by atoms with van der Waals surface area (Å²) in [6.45, 7) is 0.0562. The van der Waals surface area contributed by atoms with E-state index in [1.54, 1.807) is 36.4 Å². The topological polar surface area (TPSA) is 121 Å². The molecule has 0 atom stereocenters. The van der Waals surface area contributed by atoms with Crippen LogP contribution >= 0.6 is 11.6 Å². The fourth-order valence-corrected chi connectivity index (χ4v) is 2.71. The van der Waals surface area contributed by atoms with Gasteiger partial charge in [-0.05, 0) is 29.8 Å². The number of hydrogen-bond acceptors (Lipinski definition) is 5. The Balaban J connectivity index is 1.56. The first-order chi connectivity index (χ1) is 13.9. The van der Waals surface area contributed by atoms with Crippen LogP contribution in [0.15, 0.2) is 54.9 Å². The number of carboxylic acids is 1. The van der Waals surface area contributed by atoms with E-state index in [1.165, 1.54) is 18.5 Å². The van der Waals surface area contributed by atoms with E-state index in [0.29, 0.717) is 11.4 Å². The first-order valence-electron chi connectivity index (χ1n) is 8.50. The van der Waals surface area contributed by atoms with Gasteiger partial charge in [0.2, 0.25) is 0 Å². The molecule has 0 unspecified atom stereocenters. The molecule has 0 spiro atoms. The van der Waals surface area contributed by atoms with E-state index in [0.717, 1.165) is 5.56 Å². The molecule has 3 rings (SSSR count). The van der Waals surface area contributed by atoms with Crippen molar-refractivity contribution in [1.82, 2.24) is 9.97 Å². The van der Waals surface area contributed by atoms with E-state index in [9.17, 15) is 19.5 Å². The zero-order valence-electron chi connectivity index (χ0n) is 15.0. The molecule has 1 amide bonds. The van der Waals surface area contributed by atoms with Gasteiger partial charge in [0.25, 0.3) is 5.91 Å². The highest BCUT2D eigenvalue weighted by molar-refractivity contribution is 6.30. The average Bonchev–Trinajstić information content (AvgIpc) is 3.11. The molecule has 0 radical (unpaired) electrons. The number of aromatic nitrogens is 2. The van der Waals surface area contributed by atoms with E-state index < -0.39 is 17.8 Å². The van der Waals surface area contributed by atoms with Crippen LogP contribution in [0.2, 0.25) is 5.15 Å². The fourth-order valence-electron chi connectivity index (χ4n) is 2.54. The van der Waals surface area contributed by atoms with E-state index in [1.807, 2.05) is 0 Å². The first-order valence-corrected chi connectivity index (χ1v) is 8.88. The third-order valence-electron chi connectivity index (χ3n) is 4.00. The second kappa shape index (κ2) is 9.03. The summed E-state index contributed by atoms with van der Waals surface area (Å²) in [4.78, 5) is 42.0. The van der Waals surface area contributed by atoms with Crippen molar-refractivity contribution in [3.8, 4) is 0 Å². The summed E-state index contributed by atoms with van der Waals surface area (Å²) in [5.41, 5.74) is 1.67. The van der Waals surface area contributed by atoms with Gasteiger partial charge in [0.1, 0.15) is 6.61 Å². The number of carbonyl (C=O) groups excluding carboxylic acids is 2. The Hall–Kier alpha value is -3.65. The van der Waals surface area contributed by atoms with Gasteiger partial charge in [-0.3, -0.25) is 9.59 Å². The Morgan fingerprint density at radius 3 is 2.38 bits per heavy atom. The Morgan fingerprint density at radius 1 is 1.07 bits per heavy atom. The number of anilines is 1. The Morgan fingerprint density at radius 2 is 1.76 bits per heavy atom. The summed E-state index contributed by atoms with van der Waals surface area (Å²) >= 11 is 5.81. The van der Waals surface area contributed by atoms with Gasteiger partial charge < -0.3 is 20.1 Å². The molecule has 0 fully saturated rings. The predicted octanol–water partition coefficient (Wildman–Crippen LogP) is 3.30. The summed E-state index contributed by atoms with van der Waals surface area (Å²) in [7, 11) is 0. The summed E-state index contributed by atoms with van der Waals surface area (Å²) < 4.78 is 5.19. The lowest BCUT2D eigenvalue weighted by molar-refractivity contribution is -0.144. The molecule has 9 heteroatoms. The Bertz CT molecular complexity index is 1050. The van der Waals surface area contributed by atoms with E-state index in [4.69, 9.17) is 16.3 Å². The number of esters is 1. The van der Waals surface area contributed by atoms with Crippen LogP contribution in [-0.2, 0) is 22.6 Å². The maximum atomic E-state index is 12.4. The van der Waals surface area contributed by atoms with Gasteiger partial charge in [0.15, 0.2) is 5.15 Å². The number of nitrogens with zero attached hydrogens (tertiary/aromatic N) is 1. The van der Waals surface area contributed by atoms with Crippen LogP contribution in [0.3, 0.4) is 0 Å². The third-order valence-corrected chi connectivity index (χ3v) is 4.33. The van der Waals surface area contributed by atoms with Crippen LogP contribution in [0.4, 0.5) is 5.69 Å². The molecule has 0 aliphatic heterocycles. The highest BCUT2D eigenvalue weighted by Crippen LogP contribution is 2.15. The average molecular weight is 414 g/mol. The number of nitrogens with one attached hydrogen (secondary N) is 2. The Kier molecular flexibility index (Phi) is 6.25. The zero-order valence-corrected chi connectivity index (χ0v) is 15.8. The van der Waals surface area contributed by atoms with Crippen LogP contribution in [-0.4, -0.2) is 32.9 Å². The highest BCUT2D eigenvalue weighted by atomic mass is 35.5. The number of benzene rings is 2. The zero-order chi connectivity index (χ0) is 20.8. The minimum Gasteiger partial charge on any atom is -0.478 e. The van der Waals surface area contributed by atoms with Gasteiger partial charge in [0.05, 0.1) is 29.6 Å². The van der Waals surface area contributed by atoms with Crippen molar-refractivity contribution in [2.24, 2.45) is 0 Å². The van der Waals surface area contributed by atoms with Crippen LogP contribution in [0.5, 0.6) is 0 Å². The van der Waals surface area contributed by atoms with Crippen LogP contribution < -0.4 is 5.32 Å². The molecule has 8 nitrogen and oxygen atoms in total. The summed E-state index contributed by atoms with van der Waals surface area (Å²) in [5, 5.41) is 12.1. The number of halogens is 1. The first kappa shape index (κ1) is 20.1. The smallest absolute Gasteiger partial charge is 0.336 e. The van der Waals surface area contributed by atoms with Crippen molar-refractivity contribution in [1.29, 1.82) is 0 Å². The standard InChI is InChI=1S/C20H16ClN3O5/c21-18-16(22-11-23-18)9-17(25)29-10-12-5-7-13(8-6-12)24-19(26)14-3-1-2-4-15(14)20(27)28/h1-8,11H,9-10H2,(H,22,23)(H,24,26)(H,27,28). The highest BCUT2D eigenvalue weighted by Gasteiger charge is 2.16. The fraction of sp³-hybridized carbons (Fsp3) is 0.100. The van der Waals surface area contributed by atoms with Gasteiger partial charge in [0, 0.05) is 5.69 Å². The van der Waals surface area contributed by atoms with Crippen molar-refractivity contribution in [2.45, 2.75) is 13.0 Å². The number of aromatic carboxylic acids is 1. The number of H-pyrrole nitrogens is 1. The lowest BCUT2D eigenvalue weighted by Gasteiger charge is -2.09. The molecule has 1 heterocycles. The maximum Gasteiger partial charge on any atom is 0.336 e. The largest absolute Gasteiger partial charge is 0.478 e. The minimum absolute atomic E-state index is 0.0179. The van der Waals surface area contributed by atoms with Gasteiger partial charge >= 0.3 is 11.9 Å². The number of aromatic amines is 1. The summed E-state index contributed by atoms with van der Waals surface area (Å²) in [6.07, 6.45) is 1.38. The lowest BCUT2D eigenvalue weighted by atomic mass is 10.1. The second-order valence-corrected chi connectivity index (χ2v) is 6.37. The number of amides is 1. The molecule has 0 aliphatic carbocycles. The maximum absolute atomic E-state index is 12.4. The number of carboxylic acid groups (broad SMARTS) is 1. The monoisotopic (exact) mass is 413 g/mol. The molecule has 148 valence electrons. The predicted molar refractivity (Wildman–Crippen MR) is 105 cm³/mol. The number of imidazole rings is 1. The second-order valence-electron chi connectivity index (χ2n) is 6.01. The van der Waals surface area contributed by atoms with E-state index >= 15 is 0 Å². The van der Waals surface area contributed by atoms with E-state index in [-0.39, 0.29) is 29.3 Å². The third kappa shape index (κ3) is 5.20. The van der Waals surface area contributed by atoms with Crippen molar-refractivity contribution in [2.75, 3.05) is 5.32 Å². The number of carbonyl (C=O) groups is 3. The van der Waals surface area contributed by atoms with Gasteiger partial charge in [-0.15, -0.1) is 0 Å². The number of rotatable bonds is 7. The van der Waals surface area contributed by atoms with Gasteiger partial charge in [-0.25, -0.2) is 9.78 Å². The molecule has 3 N–H and O–H groups in total. The van der Waals surface area contributed by atoms with Crippen LogP contribution in [0, 0.1) is 0 Å². The van der Waals surface area contributed by atoms with Crippen molar-refractivity contribution in [3.63, 3.8) is 0 Å². The van der Waals surface area contributed by atoms with Crippen molar-refractivity contribution in [3.05, 3.63) is 82.4 Å². The molecule has 1 aromatic heterocycles. The SMILES string of the molecule is O=C(Cc1[nH]cnc1Cl)OCc1ccc(NC(=O)c2ccccc2C(=O)O)cc1. The molecule has 0 saturated heterocycles. The van der Waals surface area contributed by atoms with Crippen molar-refractivity contribution < 1.29 is 24.2 Å². The minimum atomic E-state index is -1.18. The van der Waals surface area contributed by atoms with Gasteiger partial charge in [-0.2, -0.15) is 0 Å². The van der Waals surface area contributed by atoms with Crippen LogP contribution in [0.25, 0.3) is 0 Å². The van der Waals surface area contributed by atoms with Gasteiger partial charge in [-0.1, -0.05) is 35.9 Å². The molecule has 3 aromatic rings. The molecule has 2 aromatic carbocycles. The molecular weight excluding hydrogens is 398 g/mol. The molecule has 0 aliphatic rings. The Labute approximate surface area is 170 Å². The molecular formula is C20H16ClN3O5. The van der Waals surface area contributed by atoms with E-state index in [2.05, 4.69) is 15.3 Å². The molecule has 0 saturated carbocycles. The number of ether oxygens (including phenoxy) is 1. The van der Waals surface area contributed by atoms with Crippen molar-refractivity contribution >= 4 is 35.1 Å². The lowest BCUT2D eigenvalue weighted by Crippen LogP contribution is -2.16. The molecule has 29 heavy (non-hydrogen) atoms. The number of hydrogen-bond donors (Lipinski definition) is 3. The normalized spacial score (nSPS) is 10.4.